The lowest BCUT2D eigenvalue weighted by Crippen LogP contribution is -2.56. The summed E-state index contributed by atoms with van der Waals surface area (Å²) in [5.74, 6) is 0. The molecule has 0 saturated heterocycles. The number of aliphatic hydroxyl groups is 1. The van der Waals surface area contributed by atoms with Crippen LogP contribution in [0.25, 0.3) is 0 Å². The molecule has 2 rings (SSSR count). The van der Waals surface area contributed by atoms with Gasteiger partial charge in [-0.15, -0.1) is 0 Å². The Morgan fingerprint density at radius 3 is 2.65 bits per heavy atom. The van der Waals surface area contributed by atoms with E-state index >= 15 is 0 Å². The SMILES string of the molecule is CC(C)(C)OC(=O)NCc1cccc(NC2CC(O)C2(C)C)c1. The van der Waals surface area contributed by atoms with E-state index in [1.54, 1.807) is 0 Å². The molecule has 0 aliphatic heterocycles. The molecule has 1 saturated carbocycles. The van der Waals surface area contributed by atoms with Gasteiger partial charge in [-0.2, -0.15) is 0 Å². The van der Waals surface area contributed by atoms with Crippen LogP contribution < -0.4 is 10.6 Å². The molecule has 23 heavy (non-hydrogen) atoms. The number of hydrogen-bond donors (Lipinski definition) is 3. The number of carbonyl (C=O) groups is 1. The first-order valence-electron chi connectivity index (χ1n) is 8.08. The lowest BCUT2D eigenvalue weighted by Gasteiger charge is -2.49. The minimum absolute atomic E-state index is 0.120. The summed E-state index contributed by atoms with van der Waals surface area (Å²) in [5, 5.41) is 16.0. The highest BCUT2D eigenvalue weighted by Gasteiger charge is 2.47. The van der Waals surface area contributed by atoms with Crippen LogP contribution in [0.4, 0.5) is 10.5 Å². The summed E-state index contributed by atoms with van der Waals surface area (Å²) in [4.78, 5) is 11.7. The molecular formula is C18H28N2O3. The highest BCUT2D eigenvalue weighted by atomic mass is 16.6. The fourth-order valence-electron chi connectivity index (χ4n) is 2.61. The topological polar surface area (TPSA) is 70.6 Å². The van der Waals surface area contributed by atoms with Crippen LogP contribution in [0.3, 0.4) is 0 Å². The monoisotopic (exact) mass is 320 g/mol. The van der Waals surface area contributed by atoms with Gasteiger partial charge in [-0.05, 0) is 44.9 Å². The van der Waals surface area contributed by atoms with Crippen molar-refractivity contribution in [2.24, 2.45) is 5.41 Å². The molecule has 0 heterocycles. The van der Waals surface area contributed by atoms with E-state index in [9.17, 15) is 9.90 Å². The van der Waals surface area contributed by atoms with Crippen molar-refractivity contribution in [3.05, 3.63) is 29.8 Å². The third kappa shape index (κ3) is 4.61. The Balaban J connectivity index is 1.89. The number of amides is 1. The maximum Gasteiger partial charge on any atom is 0.407 e. The number of nitrogens with one attached hydrogen (secondary N) is 2. The van der Waals surface area contributed by atoms with E-state index in [0.717, 1.165) is 17.7 Å². The molecule has 5 nitrogen and oxygen atoms in total. The zero-order valence-corrected chi connectivity index (χ0v) is 14.6. The van der Waals surface area contributed by atoms with Crippen molar-refractivity contribution in [2.75, 3.05) is 5.32 Å². The van der Waals surface area contributed by atoms with Crippen molar-refractivity contribution in [3.63, 3.8) is 0 Å². The maximum atomic E-state index is 11.7. The Kier molecular flexibility index (Phi) is 4.90. The second kappa shape index (κ2) is 6.40. The van der Waals surface area contributed by atoms with Gasteiger partial charge in [-0.3, -0.25) is 0 Å². The van der Waals surface area contributed by atoms with E-state index in [-0.39, 0.29) is 17.6 Å². The number of rotatable bonds is 4. The van der Waals surface area contributed by atoms with Crippen molar-refractivity contribution in [2.45, 2.75) is 65.3 Å². The van der Waals surface area contributed by atoms with E-state index < -0.39 is 11.7 Å². The molecule has 1 aromatic carbocycles. The van der Waals surface area contributed by atoms with E-state index in [1.807, 2.05) is 45.0 Å². The molecule has 2 atom stereocenters. The molecule has 3 N–H and O–H groups in total. The largest absolute Gasteiger partial charge is 0.444 e. The van der Waals surface area contributed by atoms with Gasteiger partial charge in [0.2, 0.25) is 0 Å². The summed E-state index contributed by atoms with van der Waals surface area (Å²) >= 11 is 0. The highest BCUT2D eigenvalue weighted by molar-refractivity contribution is 5.67. The normalized spacial score (nSPS) is 22.9. The van der Waals surface area contributed by atoms with Crippen molar-refractivity contribution >= 4 is 11.8 Å². The average Bonchev–Trinajstić information content (AvgIpc) is 2.43. The molecule has 1 aromatic rings. The summed E-state index contributed by atoms with van der Waals surface area (Å²) in [7, 11) is 0. The molecule has 0 bridgehead atoms. The van der Waals surface area contributed by atoms with E-state index in [4.69, 9.17) is 4.74 Å². The van der Waals surface area contributed by atoms with Crippen LogP contribution in [0.15, 0.2) is 24.3 Å². The Hall–Kier alpha value is -1.75. The Bertz CT molecular complexity index is 564. The molecule has 1 aliphatic carbocycles. The summed E-state index contributed by atoms with van der Waals surface area (Å²) in [6.45, 7) is 10.1. The molecular weight excluding hydrogens is 292 g/mol. The number of carbonyl (C=O) groups excluding carboxylic acids is 1. The third-order valence-electron chi connectivity index (χ3n) is 4.32. The molecule has 1 aliphatic rings. The van der Waals surface area contributed by atoms with Gasteiger partial charge in [-0.1, -0.05) is 26.0 Å². The highest BCUT2D eigenvalue weighted by Crippen LogP contribution is 2.42. The van der Waals surface area contributed by atoms with Crippen LogP contribution in [0.5, 0.6) is 0 Å². The molecule has 1 fully saturated rings. The Labute approximate surface area is 138 Å². The minimum atomic E-state index is -0.496. The quantitative estimate of drug-likeness (QED) is 0.796. The van der Waals surface area contributed by atoms with Crippen LogP contribution in [-0.2, 0) is 11.3 Å². The molecule has 0 spiro atoms. The minimum Gasteiger partial charge on any atom is -0.444 e. The fourth-order valence-corrected chi connectivity index (χ4v) is 2.61. The number of anilines is 1. The Morgan fingerprint density at radius 1 is 1.39 bits per heavy atom. The zero-order valence-electron chi connectivity index (χ0n) is 14.6. The Morgan fingerprint density at radius 2 is 2.09 bits per heavy atom. The molecule has 128 valence electrons. The second-order valence-electron chi connectivity index (χ2n) is 7.83. The summed E-state index contributed by atoms with van der Waals surface area (Å²) in [5.41, 5.74) is 1.38. The van der Waals surface area contributed by atoms with Crippen molar-refractivity contribution in [1.29, 1.82) is 0 Å². The van der Waals surface area contributed by atoms with Crippen LogP contribution in [0, 0.1) is 5.41 Å². The molecule has 0 radical (unpaired) electrons. The van der Waals surface area contributed by atoms with Gasteiger partial charge in [0.15, 0.2) is 0 Å². The van der Waals surface area contributed by atoms with Gasteiger partial charge in [-0.25, -0.2) is 4.79 Å². The van der Waals surface area contributed by atoms with Crippen molar-refractivity contribution < 1.29 is 14.6 Å². The lowest BCUT2D eigenvalue weighted by molar-refractivity contribution is -0.0510. The van der Waals surface area contributed by atoms with E-state index in [1.165, 1.54) is 0 Å². The second-order valence-corrected chi connectivity index (χ2v) is 7.83. The predicted octanol–water partition coefficient (Wildman–Crippen LogP) is 3.28. The van der Waals surface area contributed by atoms with Crippen molar-refractivity contribution in [3.8, 4) is 0 Å². The fraction of sp³-hybridized carbons (Fsp3) is 0.611. The van der Waals surface area contributed by atoms with Crippen LogP contribution >= 0.6 is 0 Å². The van der Waals surface area contributed by atoms with Crippen LogP contribution in [0.2, 0.25) is 0 Å². The first-order chi connectivity index (χ1) is 10.6. The van der Waals surface area contributed by atoms with Gasteiger partial charge >= 0.3 is 6.09 Å². The predicted molar refractivity (Wildman–Crippen MR) is 91.3 cm³/mol. The molecule has 0 aromatic heterocycles. The number of alkyl carbamates (subject to hydrolysis) is 1. The first-order valence-corrected chi connectivity index (χ1v) is 8.08. The lowest BCUT2D eigenvalue weighted by atomic mass is 9.64. The molecule has 5 heteroatoms. The number of hydrogen-bond acceptors (Lipinski definition) is 4. The van der Waals surface area contributed by atoms with E-state index in [2.05, 4.69) is 24.5 Å². The standard InChI is InChI=1S/C18H28N2O3/c1-17(2,3)23-16(22)19-11-12-7-6-8-13(9-12)20-14-10-15(21)18(14,4)5/h6-9,14-15,20-21H,10-11H2,1-5H3,(H,19,22). The number of ether oxygens (including phenoxy) is 1. The van der Waals surface area contributed by atoms with Crippen molar-refractivity contribution in [1.82, 2.24) is 5.32 Å². The molecule has 1 amide bonds. The van der Waals surface area contributed by atoms with Gasteiger partial charge in [0.25, 0.3) is 0 Å². The van der Waals surface area contributed by atoms with Gasteiger partial charge < -0.3 is 20.5 Å². The zero-order chi connectivity index (χ0) is 17.3. The van der Waals surface area contributed by atoms with Gasteiger partial charge in [0, 0.05) is 23.7 Å². The maximum absolute atomic E-state index is 11.7. The number of aliphatic hydroxyl groups excluding tert-OH is 1. The molecule has 2 unspecified atom stereocenters. The van der Waals surface area contributed by atoms with Gasteiger partial charge in [0.05, 0.1) is 6.10 Å². The van der Waals surface area contributed by atoms with Gasteiger partial charge in [0.1, 0.15) is 5.60 Å². The smallest absolute Gasteiger partial charge is 0.407 e. The third-order valence-corrected chi connectivity index (χ3v) is 4.32. The number of benzene rings is 1. The summed E-state index contributed by atoms with van der Waals surface area (Å²) in [6.07, 6.45) is 0.0871. The van der Waals surface area contributed by atoms with Crippen LogP contribution in [-0.4, -0.2) is 28.9 Å². The van der Waals surface area contributed by atoms with Crippen LogP contribution in [0.1, 0.15) is 46.6 Å². The van der Waals surface area contributed by atoms with E-state index in [0.29, 0.717) is 6.54 Å². The average molecular weight is 320 g/mol. The summed E-state index contributed by atoms with van der Waals surface area (Å²) < 4.78 is 5.23. The summed E-state index contributed by atoms with van der Waals surface area (Å²) in [6, 6.07) is 8.18. The first kappa shape index (κ1) is 17.6.